The lowest BCUT2D eigenvalue weighted by Gasteiger charge is -2.12. The maximum absolute atomic E-state index is 9.64. The van der Waals surface area contributed by atoms with Gasteiger partial charge in [-0.05, 0) is 86.7 Å². The van der Waals surface area contributed by atoms with Gasteiger partial charge in [-0.3, -0.25) is 0 Å². The molecule has 2 nitrogen and oxygen atoms in total. The standard InChI is InChI=1S/C15H15Br2NO/c1-9-6-15(19)10(2)5-14(9)18-8-11-3-4-12(16)13(17)7-11/h3-7,18-19H,8H2,1-2H3. The summed E-state index contributed by atoms with van der Waals surface area (Å²) in [6.07, 6.45) is 0. The van der Waals surface area contributed by atoms with Gasteiger partial charge in [-0.1, -0.05) is 6.07 Å². The molecule has 0 amide bonds. The van der Waals surface area contributed by atoms with Crippen LogP contribution in [0.15, 0.2) is 39.3 Å². The van der Waals surface area contributed by atoms with Crippen molar-refractivity contribution in [2.45, 2.75) is 20.4 Å². The first kappa shape index (κ1) is 14.4. The van der Waals surface area contributed by atoms with Crippen molar-refractivity contribution in [1.29, 1.82) is 0 Å². The Kier molecular flexibility index (Phi) is 4.53. The molecular weight excluding hydrogens is 370 g/mol. The van der Waals surface area contributed by atoms with Crippen LogP contribution in [0.2, 0.25) is 0 Å². The van der Waals surface area contributed by atoms with Crippen LogP contribution in [-0.4, -0.2) is 5.11 Å². The summed E-state index contributed by atoms with van der Waals surface area (Å²) in [7, 11) is 0. The Morgan fingerprint density at radius 1 is 1.00 bits per heavy atom. The number of anilines is 1. The first-order valence-electron chi connectivity index (χ1n) is 5.95. The molecule has 0 saturated heterocycles. The van der Waals surface area contributed by atoms with E-state index in [2.05, 4.69) is 49.3 Å². The van der Waals surface area contributed by atoms with Crippen molar-refractivity contribution >= 4 is 37.5 Å². The first-order chi connectivity index (χ1) is 8.97. The zero-order valence-corrected chi connectivity index (χ0v) is 14.0. The summed E-state index contributed by atoms with van der Waals surface area (Å²) in [5.41, 5.74) is 4.17. The fourth-order valence-electron chi connectivity index (χ4n) is 1.84. The Morgan fingerprint density at radius 3 is 2.42 bits per heavy atom. The number of phenolic OH excluding ortho intramolecular Hbond substituents is 1. The molecule has 2 aromatic rings. The second kappa shape index (κ2) is 5.97. The van der Waals surface area contributed by atoms with Crippen LogP contribution in [0.1, 0.15) is 16.7 Å². The highest BCUT2D eigenvalue weighted by molar-refractivity contribution is 9.13. The molecular formula is C15H15Br2NO. The quantitative estimate of drug-likeness (QED) is 0.717. The van der Waals surface area contributed by atoms with Crippen LogP contribution in [0.4, 0.5) is 5.69 Å². The van der Waals surface area contributed by atoms with E-state index < -0.39 is 0 Å². The first-order valence-corrected chi connectivity index (χ1v) is 7.54. The second-order valence-corrected chi connectivity index (χ2v) is 6.26. The highest BCUT2D eigenvalue weighted by Crippen LogP contribution is 2.27. The van der Waals surface area contributed by atoms with Gasteiger partial charge in [-0.2, -0.15) is 0 Å². The lowest BCUT2D eigenvalue weighted by atomic mass is 10.1. The molecule has 2 rings (SSSR count). The minimum atomic E-state index is 0.342. The third-order valence-corrected chi connectivity index (χ3v) is 4.89. The number of hydrogen-bond donors (Lipinski definition) is 2. The van der Waals surface area contributed by atoms with E-state index in [0.29, 0.717) is 5.75 Å². The van der Waals surface area contributed by atoms with Gasteiger partial charge in [0.15, 0.2) is 0 Å². The molecule has 19 heavy (non-hydrogen) atoms. The van der Waals surface area contributed by atoms with E-state index in [4.69, 9.17) is 0 Å². The number of phenols is 1. The summed E-state index contributed by atoms with van der Waals surface area (Å²) < 4.78 is 2.10. The van der Waals surface area contributed by atoms with Gasteiger partial charge >= 0.3 is 0 Å². The molecule has 0 aliphatic heterocycles. The molecule has 0 spiro atoms. The molecule has 0 bridgehead atoms. The Hall–Kier alpha value is -1.00. The number of hydrogen-bond acceptors (Lipinski definition) is 2. The van der Waals surface area contributed by atoms with Crippen molar-refractivity contribution in [3.63, 3.8) is 0 Å². The van der Waals surface area contributed by atoms with E-state index in [1.165, 1.54) is 5.56 Å². The van der Waals surface area contributed by atoms with Gasteiger partial charge in [-0.25, -0.2) is 0 Å². The minimum absolute atomic E-state index is 0.342. The molecule has 2 aromatic carbocycles. The monoisotopic (exact) mass is 383 g/mol. The predicted octanol–water partition coefficient (Wildman–Crippen LogP) is 5.15. The fourth-order valence-corrected chi connectivity index (χ4v) is 2.51. The van der Waals surface area contributed by atoms with Crippen molar-refractivity contribution < 1.29 is 5.11 Å². The molecule has 0 atom stereocenters. The van der Waals surface area contributed by atoms with Crippen LogP contribution >= 0.6 is 31.9 Å². The van der Waals surface area contributed by atoms with E-state index in [-0.39, 0.29) is 0 Å². The molecule has 4 heteroatoms. The third-order valence-electron chi connectivity index (χ3n) is 3.01. The molecule has 0 aliphatic rings. The molecule has 0 aliphatic carbocycles. The zero-order valence-electron chi connectivity index (χ0n) is 10.8. The third kappa shape index (κ3) is 3.51. The van der Waals surface area contributed by atoms with Gasteiger partial charge in [-0.15, -0.1) is 0 Å². The maximum atomic E-state index is 9.64. The molecule has 0 radical (unpaired) electrons. The zero-order chi connectivity index (χ0) is 14.0. The molecule has 100 valence electrons. The van der Waals surface area contributed by atoms with Crippen LogP contribution in [0.3, 0.4) is 0 Å². The van der Waals surface area contributed by atoms with Gasteiger partial charge in [0.2, 0.25) is 0 Å². The van der Waals surface area contributed by atoms with Gasteiger partial charge in [0.1, 0.15) is 5.75 Å². The van der Waals surface area contributed by atoms with E-state index in [9.17, 15) is 5.11 Å². The summed E-state index contributed by atoms with van der Waals surface area (Å²) >= 11 is 6.96. The van der Waals surface area contributed by atoms with E-state index >= 15 is 0 Å². The molecule has 0 unspecified atom stereocenters. The van der Waals surface area contributed by atoms with Crippen molar-refractivity contribution in [3.05, 3.63) is 56.0 Å². The normalized spacial score (nSPS) is 10.5. The lowest BCUT2D eigenvalue weighted by Crippen LogP contribution is -2.01. The fraction of sp³-hybridized carbons (Fsp3) is 0.200. The maximum Gasteiger partial charge on any atom is 0.118 e. The number of aryl methyl sites for hydroxylation is 2. The Balaban J connectivity index is 2.14. The van der Waals surface area contributed by atoms with Crippen molar-refractivity contribution in [1.82, 2.24) is 0 Å². The van der Waals surface area contributed by atoms with Crippen LogP contribution in [0.5, 0.6) is 5.75 Å². The van der Waals surface area contributed by atoms with Crippen molar-refractivity contribution in [2.75, 3.05) is 5.32 Å². The predicted molar refractivity (Wildman–Crippen MR) is 86.7 cm³/mol. The Labute approximate surface area is 130 Å². The van der Waals surface area contributed by atoms with E-state index in [1.54, 1.807) is 6.07 Å². The van der Waals surface area contributed by atoms with Crippen LogP contribution in [0.25, 0.3) is 0 Å². The summed E-state index contributed by atoms with van der Waals surface area (Å²) in [5.74, 6) is 0.342. The average Bonchev–Trinajstić information content (AvgIpc) is 2.36. The largest absolute Gasteiger partial charge is 0.508 e. The van der Waals surface area contributed by atoms with E-state index in [1.807, 2.05) is 26.0 Å². The van der Waals surface area contributed by atoms with Gasteiger partial charge in [0.25, 0.3) is 0 Å². The highest BCUT2D eigenvalue weighted by atomic mass is 79.9. The van der Waals surface area contributed by atoms with Crippen LogP contribution in [0, 0.1) is 13.8 Å². The molecule has 0 fully saturated rings. The summed E-state index contributed by atoms with van der Waals surface area (Å²) in [5, 5.41) is 13.0. The van der Waals surface area contributed by atoms with Gasteiger partial charge < -0.3 is 10.4 Å². The lowest BCUT2D eigenvalue weighted by molar-refractivity contribution is 0.471. The highest BCUT2D eigenvalue weighted by Gasteiger charge is 2.04. The number of nitrogens with one attached hydrogen (secondary N) is 1. The van der Waals surface area contributed by atoms with Crippen LogP contribution in [-0.2, 0) is 6.54 Å². The number of halogens is 2. The Morgan fingerprint density at radius 2 is 1.74 bits per heavy atom. The molecule has 2 N–H and O–H groups in total. The van der Waals surface area contributed by atoms with Crippen molar-refractivity contribution in [2.24, 2.45) is 0 Å². The molecule has 0 saturated carbocycles. The SMILES string of the molecule is Cc1cc(NCc2ccc(Br)c(Br)c2)c(C)cc1O. The molecule has 0 aromatic heterocycles. The van der Waals surface area contributed by atoms with Crippen LogP contribution < -0.4 is 5.32 Å². The summed E-state index contributed by atoms with van der Waals surface area (Å²) in [4.78, 5) is 0. The number of benzene rings is 2. The minimum Gasteiger partial charge on any atom is -0.508 e. The summed E-state index contributed by atoms with van der Waals surface area (Å²) in [6, 6.07) is 9.94. The van der Waals surface area contributed by atoms with Gasteiger partial charge in [0.05, 0.1) is 0 Å². The smallest absolute Gasteiger partial charge is 0.118 e. The topological polar surface area (TPSA) is 32.3 Å². The van der Waals surface area contributed by atoms with E-state index in [0.717, 1.165) is 32.3 Å². The van der Waals surface area contributed by atoms with Crippen molar-refractivity contribution in [3.8, 4) is 5.75 Å². The average molecular weight is 385 g/mol. The number of rotatable bonds is 3. The second-order valence-electron chi connectivity index (χ2n) is 4.56. The summed E-state index contributed by atoms with van der Waals surface area (Å²) in [6.45, 7) is 4.63. The number of aromatic hydroxyl groups is 1. The Bertz CT molecular complexity index is 611. The van der Waals surface area contributed by atoms with Gasteiger partial charge in [0, 0.05) is 21.2 Å². The molecule has 0 heterocycles.